The molecule has 0 heterocycles. The quantitative estimate of drug-likeness (QED) is 0.424. The molecule has 0 radical (unpaired) electrons. The fourth-order valence-corrected chi connectivity index (χ4v) is 1.39. The van der Waals surface area contributed by atoms with Gasteiger partial charge in [0, 0.05) is 0 Å². The monoisotopic (exact) mass is 209 g/mol. The molecule has 0 aromatic rings. The first kappa shape index (κ1) is 7.21. The zero-order valence-corrected chi connectivity index (χ0v) is 7.10. The van der Waals surface area contributed by atoms with Gasteiger partial charge < -0.3 is 0 Å². The van der Waals surface area contributed by atoms with Crippen molar-refractivity contribution in [1.29, 1.82) is 0 Å². The second kappa shape index (κ2) is 4.01. The molecule has 9 heavy (non-hydrogen) atoms. The number of hydrogen-bond acceptors (Lipinski definition) is 0. The summed E-state index contributed by atoms with van der Waals surface area (Å²) in [6.07, 6.45) is 12.6. The molecule has 0 aromatic heterocycles. The van der Waals surface area contributed by atoms with Gasteiger partial charge in [-0.1, -0.05) is 0 Å². The Balaban J connectivity index is 2.40. The van der Waals surface area contributed by atoms with E-state index in [0.29, 0.717) is 4.51 Å². The standard InChI is InChI=1S/C8H11.Ru/c1-2-4-6-8-7-5-3-1;/h1-3,6,8H,4-5,7H2;. The third kappa shape index (κ3) is 2.96. The molecule has 0 aromatic carbocycles. The normalized spacial score (nSPS) is 27.4. The molecule has 0 spiro atoms. The van der Waals surface area contributed by atoms with Crippen LogP contribution in [0.4, 0.5) is 0 Å². The molecule has 51 valence electrons. The van der Waals surface area contributed by atoms with E-state index in [4.69, 9.17) is 0 Å². The summed E-state index contributed by atoms with van der Waals surface area (Å²) in [6.45, 7) is 0. The van der Waals surface area contributed by atoms with Gasteiger partial charge in [0.05, 0.1) is 0 Å². The summed E-state index contributed by atoms with van der Waals surface area (Å²) < 4.78 is 0.717. The van der Waals surface area contributed by atoms with Gasteiger partial charge in [-0.2, -0.15) is 0 Å². The van der Waals surface area contributed by atoms with E-state index < -0.39 is 0 Å². The Bertz CT molecular complexity index is 125. The van der Waals surface area contributed by atoms with Crippen LogP contribution in [0.3, 0.4) is 0 Å². The van der Waals surface area contributed by atoms with Crippen LogP contribution in [0.2, 0.25) is 4.51 Å². The number of allylic oxidation sites excluding steroid dienone is 4. The third-order valence-electron chi connectivity index (χ3n) is 1.38. The van der Waals surface area contributed by atoms with E-state index in [1.54, 1.807) is 0 Å². The van der Waals surface area contributed by atoms with E-state index in [9.17, 15) is 0 Å². The van der Waals surface area contributed by atoms with Crippen molar-refractivity contribution in [2.75, 3.05) is 0 Å². The molecule has 0 saturated carbocycles. The molecule has 0 saturated heterocycles. The summed E-state index contributed by atoms with van der Waals surface area (Å²) in [5.74, 6) is 0. The van der Waals surface area contributed by atoms with Crippen molar-refractivity contribution in [2.24, 2.45) is 0 Å². The van der Waals surface area contributed by atoms with Crippen LogP contribution in [0.5, 0.6) is 0 Å². The average Bonchev–Trinajstić information content (AvgIpc) is 1.79. The van der Waals surface area contributed by atoms with Crippen LogP contribution in [0, 0.1) is 0 Å². The van der Waals surface area contributed by atoms with E-state index in [2.05, 4.69) is 42.6 Å². The van der Waals surface area contributed by atoms with Crippen molar-refractivity contribution in [3.05, 3.63) is 24.3 Å². The van der Waals surface area contributed by atoms with E-state index in [-0.39, 0.29) is 0 Å². The molecule has 1 unspecified atom stereocenters. The summed E-state index contributed by atoms with van der Waals surface area (Å²) in [7, 11) is 0. The van der Waals surface area contributed by atoms with Gasteiger partial charge in [0.2, 0.25) is 0 Å². The Morgan fingerprint density at radius 3 is 3.00 bits per heavy atom. The van der Waals surface area contributed by atoms with Crippen molar-refractivity contribution in [3.8, 4) is 0 Å². The Hall–Kier alpha value is 0.103. The topological polar surface area (TPSA) is 0 Å². The SMILES string of the molecule is [Ru][CH]1C=CCC=CCC1. The summed E-state index contributed by atoms with van der Waals surface area (Å²) in [4.78, 5) is 0. The van der Waals surface area contributed by atoms with Crippen LogP contribution in [0.15, 0.2) is 24.3 Å². The first-order chi connectivity index (χ1) is 4.39. The summed E-state index contributed by atoms with van der Waals surface area (Å²) in [6, 6.07) is 0. The van der Waals surface area contributed by atoms with E-state index >= 15 is 0 Å². The van der Waals surface area contributed by atoms with Gasteiger partial charge in [-0.3, -0.25) is 0 Å². The van der Waals surface area contributed by atoms with Gasteiger partial charge in [0.15, 0.2) is 0 Å². The van der Waals surface area contributed by atoms with Crippen molar-refractivity contribution in [3.63, 3.8) is 0 Å². The fraction of sp³-hybridized carbons (Fsp3) is 0.500. The molecule has 0 fully saturated rings. The molecule has 1 heteroatoms. The maximum absolute atomic E-state index is 2.75. The molecule has 1 atom stereocenters. The van der Waals surface area contributed by atoms with Crippen molar-refractivity contribution in [1.82, 2.24) is 0 Å². The van der Waals surface area contributed by atoms with Crippen molar-refractivity contribution >= 4 is 0 Å². The molecular weight excluding hydrogens is 197 g/mol. The first-order valence-electron chi connectivity index (χ1n) is 3.34. The van der Waals surface area contributed by atoms with Crippen LogP contribution in [0.1, 0.15) is 19.3 Å². The van der Waals surface area contributed by atoms with Crippen LogP contribution in [-0.4, -0.2) is 0 Å². The molecule has 0 aliphatic heterocycles. The van der Waals surface area contributed by atoms with E-state index in [1.165, 1.54) is 12.8 Å². The molecule has 1 rings (SSSR count). The van der Waals surface area contributed by atoms with E-state index in [0.717, 1.165) is 6.42 Å². The zero-order chi connectivity index (χ0) is 6.53. The van der Waals surface area contributed by atoms with Crippen molar-refractivity contribution in [2.45, 2.75) is 23.8 Å². The minimum atomic E-state index is 0.717. The maximum atomic E-state index is 2.75. The molecule has 1 aliphatic rings. The van der Waals surface area contributed by atoms with E-state index in [1.807, 2.05) is 0 Å². The predicted octanol–water partition coefficient (Wildman–Crippen LogP) is 2.62. The van der Waals surface area contributed by atoms with Crippen LogP contribution < -0.4 is 0 Å². The zero-order valence-electron chi connectivity index (χ0n) is 5.36. The van der Waals surface area contributed by atoms with Crippen LogP contribution >= 0.6 is 0 Å². The summed E-state index contributed by atoms with van der Waals surface area (Å²) >= 11 is 2.75. The summed E-state index contributed by atoms with van der Waals surface area (Å²) in [5, 5.41) is 0. The van der Waals surface area contributed by atoms with Gasteiger partial charge >= 0.3 is 66.4 Å². The van der Waals surface area contributed by atoms with Gasteiger partial charge in [-0.05, 0) is 0 Å². The average molecular weight is 208 g/mol. The number of rotatable bonds is 0. The van der Waals surface area contributed by atoms with Crippen LogP contribution in [0.25, 0.3) is 0 Å². The van der Waals surface area contributed by atoms with Gasteiger partial charge in [0.1, 0.15) is 0 Å². The molecule has 0 bridgehead atoms. The van der Waals surface area contributed by atoms with Crippen molar-refractivity contribution < 1.29 is 18.3 Å². The second-order valence-electron chi connectivity index (χ2n) is 2.21. The molecule has 0 N–H and O–H groups in total. The predicted molar refractivity (Wildman–Crippen MR) is 35.9 cm³/mol. The Kier molecular flexibility index (Phi) is 3.21. The van der Waals surface area contributed by atoms with Crippen LogP contribution in [-0.2, 0) is 18.3 Å². The molecular formula is C8H11Ru. The molecule has 0 nitrogen and oxygen atoms in total. The first-order valence-corrected chi connectivity index (χ1v) is 4.34. The van der Waals surface area contributed by atoms with Gasteiger partial charge in [-0.15, -0.1) is 0 Å². The minimum absolute atomic E-state index is 0.717. The Morgan fingerprint density at radius 2 is 2.11 bits per heavy atom. The van der Waals surface area contributed by atoms with Gasteiger partial charge in [-0.25, -0.2) is 0 Å². The Labute approximate surface area is 66.7 Å². The number of hydrogen-bond donors (Lipinski definition) is 0. The Morgan fingerprint density at radius 1 is 1.22 bits per heavy atom. The fourth-order valence-electron chi connectivity index (χ4n) is 0.863. The molecule has 1 aliphatic carbocycles. The third-order valence-corrected chi connectivity index (χ3v) is 2.22. The van der Waals surface area contributed by atoms with Gasteiger partial charge in [0.25, 0.3) is 0 Å². The molecule has 0 amide bonds. The second-order valence-corrected chi connectivity index (χ2v) is 3.50. The summed E-state index contributed by atoms with van der Waals surface area (Å²) in [5.41, 5.74) is 0.